The third-order valence-corrected chi connectivity index (χ3v) is 9.25. The number of aliphatic hydroxyl groups is 1. The third kappa shape index (κ3) is 5.75. The fourth-order valence-electron chi connectivity index (χ4n) is 2.25. The van der Waals surface area contributed by atoms with Crippen LogP contribution in [0.25, 0.3) is 0 Å². The molecule has 25 heavy (non-hydrogen) atoms. The highest BCUT2D eigenvalue weighted by Gasteiger charge is 2.48. The number of carbonyl (C=O) groups is 2. The summed E-state index contributed by atoms with van der Waals surface area (Å²) in [5.41, 5.74) is 6.17. The molecule has 9 heteroatoms. The van der Waals surface area contributed by atoms with Crippen LogP contribution in [0.3, 0.4) is 0 Å². The van der Waals surface area contributed by atoms with Crippen molar-refractivity contribution < 1.29 is 33.3 Å². The van der Waals surface area contributed by atoms with Gasteiger partial charge in [-0.25, -0.2) is 0 Å². The molecule has 1 fully saturated rings. The molecule has 0 bridgehead atoms. The van der Waals surface area contributed by atoms with Crippen molar-refractivity contribution in [3.05, 3.63) is 0 Å². The molecule has 1 rings (SSSR count). The van der Waals surface area contributed by atoms with Gasteiger partial charge in [-0.1, -0.05) is 20.8 Å². The number of esters is 2. The Morgan fingerprint density at radius 2 is 1.60 bits per heavy atom. The van der Waals surface area contributed by atoms with E-state index in [1.54, 1.807) is 0 Å². The fourth-order valence-corrected chi connectivity index (χ4v) is 3.27. The summed E-state index contributed by atoms with van der Waals surface area (Å²) in [6.45, 7) is 13.1. The molecule has 1 heterocycles. The third-order valence-electron chi connectivity index (χ3n) is 4.75. The SMILES string of the molecule is CC(=O)O[C@H]1[C@H](N)[C@@H](CO[Si](C)(C)C(C)(C)C)O[C@H](O)[C@H]1OC(C)=O. The molecule has 5 atom stereocenters. The van der Waals surface area contributed by atoms with Crippen molar-refractivity contribution in [2.45, 2.75) is 83.4 Å². The first-order chi connectivity index (χ1) is 11.3. The van der Waals surface area contributed by atoms with Gasteiger partial charge in [0, 0.05) is 13.8 Å². The minimum atomic E-state index is -2.05. The minimum Gasteiger partial charge on any atom is -0.457 e. The summed E-state index contributed by atoms with van der Waals surface area (Å²) < 4.78 is 21.8. The summed E-state index contributed by atoms with van der Waals surface area (Å²) in [6.07, 6.45) is -4.35. The van der Waals surface area contributed by atoms with E-state index in [2.05, 4.69) is 33.9 Å². The molecule has 0 amide bonds. The summed E-state index contributed by atoms with van der Waals surface area (Å²) in [5.74, 6) is -1.22. The fraction of sp³-hybridized carbons (Fsp3) is 0.875. The Kier molecular flexibility index (Phi) is 7.17. The van der Waals surface area contributed by atoms with Gasteiger partial charge in [0.2, 0.25) is 0 Å². The summed E-state index contributed by atoms with van der Waals surface area (Å²) in [5, 5.41) is 10.2. The largest absolute Gasteiger partial charge is 0.457 e. The van der Waals surface area contributed by atoms with Gasteiger partial charge in [-0.05, 0) is 18.1 Å². The van der Waals surface area contributed by atoms with Crippen LogP contribution in [0, 0.1) is 0 Å². The molecule has 0 unspecified atom stereocenters. The number of hydrogen-bond donors (Lipinski definition) is 2. The maximum absolute atomic E-state index is 11.4. The monoisotopic (exact) mass is 377 g/mol. The molecule has 1 saturated heterocycles. The normalized spacial score (nSPS) is 30.7. The van der Waals surface area contributed by atoms with Crippen LogP contribution in [-0.2, 0) is 28.2 Å². The zero-order chi connectivity index (χ0) is 19.6. The predicted molar refractivity (Wildman–Crippen MR) is 93.1 cm³/mol. The topological polar surface area (TPSA) is 117 Å². The lowest BCUT2D eigenvalue weighted by Crippen LogP contribution is -2.64. The highest BCUT2D eigenvalue weighted by molar-refractivity contribution is 6.74. The first kappa shape index (κ1) is 22.0. The van der Waals surface area contributed by atoms with E-state index in [4.69, 9.17) is 24.4 Å². The molecule has 0 saturated carbocycles. The average molecular weight is 378 g/mol. The zero-order valence-corrected chi connectivity index (χ0v) is 17.1. The van der Waals surface area contributed by atoms with Crippen LogP contribution in [0.5, 0.6) is 0 Å². The van der Waals surface area contributed by atoms with Crippen molar-refractivity contribution in [3.63, 3.8) is 0 Å². The molecule has 0 radical (unpaired) electrons. The Hall–Kier alpha value is -1.00. The van der Waals surface area contributed by atoms with Crippen molar-refractivity contribution in [3.8, 4) is 0 Å². The summed E-state index contributed by atoms with van der Waals surface area (Å²) >= 11 is 0. The van der Waals surface area contributed by atoms with E-state index in [1.807, 2.05) is 0 Å². The molecule has 3 N–H and O–H groups in total. The maximum Gasteiger partial charge on any atom is 0.303 e. The van der Waals surface area contributed by atoms with E-state index in [0.29, 0.717) is 0 Å². The van der Waals surface area contributed by atoms with Gasteiger partial charge in [-0.2, -0.15) is 0 Å². The van der Waals surface area contributed by atoms with Crippen LogP contribution >= 0.6 is 0 Å². The molecule has 8 nitrogen and oxygen atoms in total. The quantitative estimate of drug-likeness (QED) is 0.536. The molecule has 1 aliphatic rings. The van der Waals surface area contributed by atoms with E-state index in [0.717, 1.165) is 0 Å². The highest BCUT2D eigenvalue weighted by atomic mass is 28.4. The molecule has 1 aliphatic heterocycles. The number of hydrogen-bond acceptors (Lipinski definition) is 8. The second-order valence-corrected chi connectivity index (χ2v) is 12.7. The molecule has 146 valence electrons. The standard InChI is InChI=1S/C16H31NO7Si/c1-9(18)22-13-12(17)11(8-21-25(6,7)16(3,4)5)24-15(20)14(13)23-10(2)19/h11-15,20H,8,17H2,1-7H3/t11-,12-,13+,14+,15+/m1/s1. The van der Waals surface area contributed by atoms with Crippen molar-refractivity contribution in [1.82, 2.24) is 0 Å². The van der Waals surface area contributed by atoms with Gasteiger partial charge in [0.15, 0.2) is 26.8 Å². The number of ether oxygens (including phenoxy) is 3. The van der Waals surface area contributed by atoms with E-state index >= 15 is 0 Å². The number of nitrogens with two attached hydrogens (primary N) is 1. The van der Waals surface area contributed by atoms with Crippen LogP contribution in [0.15, 0.2) is 0 Å². The van der Waals surface area contributed by atoms with Gasteiger partial charge in [0.05, 0.1) is 12.6 Å². The van der Waals surface area contributed by atoms with Gasteiger partial charge < -0.3 is 29.5 Å². The average Bonchev–Trinajstić information content (AvgIpc) is 2.43. The second kappa shape index (κ2) is 8.13. The van der Waals surface area contributed by atoms with E-state index < -0.39 is 50.9 Å². The van der Waals surface area contributed by atoms with Gasteiger partial charge >= 0.3 is 11.9 Å². The lowest BCUT2D eigenvalue weighted by Gasteiger charge is -2.44. The summed E-state index contributed by atoms with van der Waals surface area (Å²) in [4.78, 5) is 22.6. The summed E-state index contributed by atoms with van der Waals surface area (Å²) in [7, 11) is -2.05. The molecule has 0 aromatic carbocycles. The summed E-state index contributed by atoms with van der Waals surface area (Å²) in [6, 6.07) is -0.804. The van der Waals surface area contributed by atoms with Gasteiger partial charge in [0.1, 0.15) is 6.10 Å². The van der Waals surface area contributed by atoms with E-state index in [-0.39, 0.29) is 11.6 Å². The Balaban J connectivity index is 2.90. The Morgan fingerprint density at radius 1 is 1.12 bits per heavy atom. The first-order valence-electron chi connectivity index (χ1n) is 8.34. The second-order valence-electron chi connectivity index (χ2n) is 7.86. The highest BCUT2D eigenvalue weighted by Crippen LogP contribution is 2.37. The lowest BCUT2D eigenvalue weighted by molar-refractivity contribution is -0.267. The predicted octanol–water partition coefficient (Wildman–Crippen LogP) is 0.916. The smallest absolute Gasteiger partial charge is 0.303 e. The van der Waals surface area contributed by atoms with E-state index in [9.17, 15) is 14.7 Å². The van der Waals surface area contributed by atoms with Crippen molar-refractivity contribution in [2.75, 3.05) is 6.61 Å². The first-order valence-corrected chi connectivity index (χ1v) is 11.2. The Bertz CT molecular complexity index is 491. The van der Waals surface area contributed by atoms with Crippen LogP contribution in [0.4, 0.5) is 0 Å². The number of carbonyl (C=O) groups excluding carboxylic acids is 2. The lowest BCUT2D eigenvalue weighted by atomic mass is 9.97. The van der Waals surface area contributed by atoms with E-state index in [1.165, 1.54) is 13.8 Å². The van der Waals surface area contributed by atoms with Crippen molar-refractivity contribution in [2.24, 2.45) is 5.73 Å². The molecule has 0 aromatic heterocycles. The van der Waals surface area contributed by atoms with Crippen LogP contribution in [-0.4, -0.2) is 62.6 Å². The van der Waals surface area contributed by atoms with Crippen LogP contribution < -0.4 is 5.73 Å². The maximum atomic E-state index is 11.4. The molecule has 0 spiro atoms. The minimum absolute atomic E-state index is 0.0000593. The van der Waals surface area contributed by atoms with Gasteiger partial charge in [-0.15, -0.1) is 0 Å². The molecular weight excluding hydrogens is 346 g/mol. The van der Waals surface area contributed by atoms with Gasteiger partial charge in [0.25, 0.3) is 0 Å². The zero-order valence-electron chi connectivity index (χ0n) is 16.1. The molecule has 0 aromatic rings. The number of aliphatic hydroxyl groups excluding tert-OH is 1. The molecular formula is C16H31NO7Si. The number of rotatable bonds is 5. The Morgan fingerprint density at radius 3 is 2.04 bits per heavy atom. The van der Waals surface area contributed by atoms with Crippen molar-refractivity contribution >= 4 is 20.3 Å². The van der Waals surface area contributed by atoms with Crippen molar-refractivity contribution in [1.29, 1.82) is 0 Å². The van der Waals surface area contributed by atoms with Crippen LogP contribution in [0.1, 0.15) is 34.6 Å². The van der Waals surface area contributed by atoms with Crippen LogP contribution in [0.2, 0.25) is 18.1 Å². The van der Waals surface area contributed by atoms with Gasteiger partial charge in [-0.3, -0.25) is 9.59 Å². The Labute approximate surface area is 150 Å². The molecule has 0 aliphatic carbocycles.